The third-order valence-electron chi connectivity index (χ3n) is 4.34. The summed E-state index contributed by atoms with van der Waals surface area (Å²) in [7, 11) is 0. The maximum Gasteiger partial charge on any atom is 0.0914 e. The van der Waals surface area contributed by atoms with Crippen molar-refractivity contribution in [3.05, 3.63) is 30.1 Å². The lowest BCUT2D eigenvalue weighted by molar-refractivity contribution is 0.133. The predicted octanol–water partition coefficient (Wildman–Crippen LogP) is 1.18. The van der Waals surface area contributed by atoms with Gasteiger partial charge < -0.3 is 5.43 Å². The van der Waals surface area contributed by atoms with E-state index in [9.17, 15) is 0 Å². The first-order valence-electron chi connectivity index (χ1n) is 6.40. The van der Waals surface area contributed by atoms with Gasteiger partial charge in [0.2, 0.25) is 0 Å². The van der Waals surface area contributed by atoms with Gasteiger partial charge in [0.25, 0.3) is 0 Å². The molecule has 0 spiro atoms. The Morgan fingerprint density at radius 2 is 2.18 bits per heavy atom. The molecule has 0 aliphatic carbocycles. The summed E-state index contributed by atoms with van der Waals surface area (Å²) in [5.74, 6) is 0.721. The summed E-state index contributed by atoms with van der Waals surface area (Å²) < 4.78 is 0. The molecule has 0 amide bonds. The number of piperidine rings is 3. The quantitative estimate of drug-likeness (QED) is 0.784. The van der Waals surface area contributed by atoms with Gasteiger partial charge in [0.1, 0.15) is 0 Å². The van der Waals surface area contributed by atoms with Crippen molar-refractivity contribution in [3.8, 4) is 0 Å². The van der Waals surface area contributed by atoms with Crippen molar-refractivity contribution in [1.82, 2.24) is 15.3 Å². The molecule has 1 aromatic heterocycles. The summed E-state index contributed by atoms with van der Waals surface area (Å²) in [6, 6.07) is 4.94. The highest BCUT2D eigenvalue weighted by molar-refractivity contribution is 5.95. The van der Waals surface area contributed by atoms with E-state index in [0.29, 0.717) is 12.1 Å². The first-order chi connectivity index (χ1) is 8.43. The zero-order chi connectivity index (χ0) is 11.2. The van der Waals surface area contributed by atoms with Crippen molar-refractivity contribution < 1.29 is 0 Å². The van der Waals surface area contributed by atoms with Gasteiger partial charge in [-0.1, -0.05) is 6.07 Å². The van der Waals surface area contributed by atoms with Crippen LogP contribution >= 0.6 is 0 Å². The Hall–Kier alpha value is -1.42. The minimum atomic E-state index is 0.307. The fraction of sp³-hybridized carbons (Fsp3) is 0.538. The van der Waals surface area contributed by atoms with Crippen LogP contribution in [0.4, 0.5) is 0 Å². The maximum atomic E-state index is 4.60. The molecule has 3 fully saturated rings. The standard InChI is InChI=1S/C13H16N4/c1-2-10(8-14-5-1)12-13-11(15-16-12)9-3-6-17(13)7-4-9/h1-2,5,8-9,12-13,16H,3-4,6-7H2. The van der Waals surface area contributed by atoms with E-state index in [1.165, 1.54) is 37.2 Å². The number of hydrazone groups is 1. The highest BCUT2D eigenvalue weighted by Crippen LogP contribution is 2.38. The Balaban J connectivity index is 1.69. The summed E-state index contributed by atoms with van der Waals surface area (Å²) in [4.78, 5) is 6.80. The van der Waals surface area contributed by atoms with Gasteiger partial charge in [0, 0.05) is 18.3 Å². The Morgan fingerprint density at radius 1 is 1.29 bits per heavy atom. The molecule has 17 heavy (non-hydrogen) atoms. The molecule has 1 N–H and O–H groups in total. The van der Waals surface area contributed by atoms with Crippen LogP contribution in [0.3, 0.4) is 0 Å². The highest BCUT2D eigenvalue weighted by atomic mass is 15.4. The molecule has 88 valence electrons. The van der Waals surface area contributed by atoms with Gasteiger partial charge in [-0.2, -0.15) is 5.10 Å². The molecular formula is C13H16N4. The third-order valence-corrected chi connectivity index (χ3v) is 4.34. The van der Waals surface area contributed by atoms with Gasteiger partial charge in [-0.3, -0.25) is 9.88 Å². The zero-order valence-corrected chi connectivity index (χ0v) is 9.71. The van der Waals surface area contributed by atoms with E-state index in [1.54, 1.807) is 0 Å². The molecule has 4 heteroatoms. The monoisotopic (exact) mass is 228 g/mol. The topological polar surface area (TPSA) is 40.5 Å². The number of fused-ring (bicyclic) bond motifs is 2. The van der Waals surface area contributed by atoms with E-state index in [4.69, 9.17) is 0 Å². The van der Waals surface area contributed by atoms with Gasteiger partial charge in [-0.05, 0) is 37.6 Å². The molecule has 2 atom stereocenters. The maximum absolute atomic E-state index is 4.60. The van der Waals surface area contributed by atoms with Crippen LogP contribution in [-0.2, 0) is 0 Å². The number of nitrogens with zero attached hydrogens (tertiary/aromatic N) is 3. The fourth-order valence-corrected chi connectivity index (χ4v) is 3.47. The second kappa shape index (κ2) is 3.53. The molecule has 2 unspecified atom stereocenters. The Morgan fingerprint density at radius 3 is 2.94 bits per heavy atom. The predicted molar refractivity (Wildman–Crippen MR) is 65.6 cm³/mol. The summed E-state index contributed by atoms with van der Waals surface area (Å²) in [6.45, 7) is 2.46. The molecule has 1 aromatic rings. The van der Waals surface area contributed by atoms with Crippen molar-refractivity contribution >= 4 is 5.71 Å². The van der Waals surface area contributed by atoms with E-state index in [0.717, 1.165) is 5.92 Å². The number of pyridine rings is 1. The molecule has 0 radical (unpaired) electrons. The van der Waals surface area contributed by atoms with Gasteiger partial charge in [0.15, 0.2) is 0 Å². The van der Waals surface area contributed by atoms with Crippen molar-refractivity contribution in [2.24, 2.45) is 11.0 Å². The van der Waals surface area contributed by atoms with Crippen LogP contribution in [0.1, 0.15) is 24.4 Å². The zero-order valence-electron chi connectivity index (χ0n) is 9.71. The number of hydrogen-bond donors (Lipinski definition) is 1. The summed E-state index contributed by atoms with van der Waals surface area (Å²) in [6.07, 6.45) is 6.36. The number of aromatic nitrogens is 1. The minimum Gasteiger partial charge on any atom is -0.301 e. The van der Waals surface area contributed by atoms with Crippen LogP contribution in [-0.4, -0.2) is 34.7 Å². The van der Waals surface area contributed by atoms with Crippen molar-refractivity contribution in [1.29, 1.82) is 0 Å². The summed E-state index contributed by atoms with van der Waals surface area (Å²) in [5, 5.41) is 4.60. The molecule has 4 aliphatic rings. The average Bonchev–Trinajstić information content (AvgIpc) is 2.88. The smallest absolute Gasteiger partial charge is 0.0914 e. The normalized spacial score (nSPS) is 38.5. The lowest BCUT2D eigenvalue weighted by Gasteiger charge is -2.45. The summed E-state index contributed by atoms with van der Waals surface area (Å²) >= 11 is 0. The lowest BCUT2D eigenvalue weighted by atomic mass is 9.78. The molecular weight excluding hydrogens is 212 g/mol. The van der Waals surface area contributed by atoms with Crippen LogP contribution in [0.25, 0.3) is 0 Å². The van der Waals surface area contributed by atoms with Crippen molar-refractivity contribution in [2.75, 3.05) is 13.1 Å². The SMILES string of the molecule is c1cncc(C2NN=C3C4CCN(CC4)C32)c1. The first kappa shape index (κ1) is 9.59. The molecule has 4 nitrogen and oxygen atoms in total. The Labute approximate surface area is 101 Å². The Bertz CT molecular complexity index is 448. The second-order valence-electron chi connectivity index (χ2n) is 5.18. The molecule has 0 saturated carbocycles. The Kier molecular flexibility index (Phi) is 1.99. The van der Waals surface area contributed by atoms with Gasteiger partial charge in [-0.15, -0.1) is 0 Å². The van der Waals surface area contributed by atoms with E-state index < -0.39 is 0 Å². The lowest BCUT2D eigenvalue weighted by Crippen LogP contribution is -2.56. The van der Waals surface area contributed by atoms with Gasteiger partial charge >= 0.3 is 0 Å². The molecule has 5 rings (SSSR count). The molecule has 0 aromatic carbocycles. The van der Waals surface area contributed by atoms with Crippen LogP contribution in [0.5, 0.6) is 0 Å². The average molecular weight is 228 g/mol. The number of rotatable bonds is 1. The van der Waals surface area contributed by atoms with E-state index >= 15 is 0 Å². The first-order valence-corrected chi connectivity index (χ1v) is 6.40. The van der Waals surface area contributed by atoms with Gasteiger partial charge in [-0.25, -0.2) is 0 Å². The van der Waals surface area contributed by atoms with Crippen LogP contribution in [0.2, 0.25) is 0 Å². The van der Waals surface area contributed by atoms with E-state index in [-0.39, 0.29) is 0 Å². The minimum absolute atomic E-state index is 0.307. The van der Waals surface area contributed by atoms with E-state index in [1.807, 2.05) is 18.5 Å². The third kappa shape index (κ3) is 1.33. The molecule has 2 bridgehead atoms. The highest BCUT2D eigenvalue weighted by Gasteiger charge is 2.46. The van der Waals surface area contributed by atoms with Gasteiger partial charge in [0.05, 0.1) is 17.8 Å². The second-order valence-corrected chi connectivity index (χ2v) is 5.18. The van der Waals surface area contributed by atoms with E-state index in [2.05, 4.69) is 26.5 Å². The van der Waals surface area contributed by atoms with Crippen molar-refractivity contribution in [2.45, 2.75) is 24.9 Å². The van der Waals surface area contributed by atoms with Crippen LogP contribution in [0, 0.1) is 5.92 Å². The van der Waals surface area contributed by atoms with Crippen LogP contribution < -0.4 is 5.43 Å². The molecule has 3 saturated heterocycles. The summed E-state index contributed by atoms with van der Waals surface area (Å²) in [5.41, 5.74) is 5.96. The van der Waals surface area contributed by atoms with Crippen LogP contribution in [0.15, 0.2) is 29.6 Å². The number of nitrogens with one attached hydrogen (secondary N) is 1. The largest absolute Gasteiger partial charge is 0.301 e. The molecule has 4 aliphatic heterocycles. The fourth-order valence-electron chi connectivity index (χ4n) is 3.47. The van der Waals surface area contributed by atoms with Crippen molar-refractivity contribution in [3.63, 3.8) is 0 Å². The number of hydrogen-bond acceptors (Lipinski definition) is 4. The molecule has 5 heterocycles.